The summed E-state index contributed by atoms with van der Waals surface area (Å²) in [5.74, 6) is -0.245. The van der Waals surface area contributed by atoms with Gasteiger partial charge in [0, 0.05) is 12.2 Å². The van der Waals surface area contributed by atoms with Crippen molar-refractivity contribution in [2.24, 2.45) is 0 Å². The van der Waals surface area contributed by atoms with Crippen LogP contribution < -0.4 is 5.32 Å². The number of carbonyl (C=O) groups excluding carboxylic acids is 1. The van der Waals surface area contributed by atoms with E-state index in [1.54, 1.807) is 0 Å². The van der Waals surface area contributed by atoms with Gasteiger partial charge in [0.05, 0.1) is 12.2 Å². The molecule has 1 aromatic rings. The second kappa shape index (κ2) is 5.77. The van der Waals surface area contributed by atoms with Crippen LogP contribution in [0.4, 0.5) is 0 Å². The Labute approximate surface area is 102 Å². The number of ether oxygens (including phenoxy) is 1. The second-order valence-electron chi connectivity index (χ2n) is 4.96. The van der Waals surface area contributed by atoms with Crippen molar-refractivity contribution in [3.8, 4) is 0 Å². The summed E-state index contributed by atoms with van der Waals surface area (Å²) in [6, 6.07) is 5.82. The van der Waals surface area contributed by atoms with Gasteiger partial charge in [-0.05, 0) is 39.8 Å². The lowest BCUT2D eigenvalue weighted by atomic mass is 10.2. The van der Waals surface area contributed by atoms with E-state index in [0.717, 1.165) is 11.4 Å². The zero-order chi connectivity index (χ0) is 12.9. The van der Waals surface area contributed by atoms with E-state index in [9.17, 15) is 4.79 Å². The summed E-state index contributed by atoms with van der Waals surface area (Å²) in [7, 11) is 0. The first-order valence-electron chi connectivity index (χ1n) is 5.72. The van der Waals surface area contributed by atoms with Gasteiger partial charge in [0.25, 0.3) is 0 Å². The van der Waals surface area contributed by atoms with Crippen molar-refractivity contribution < 1.29 is 9.53 Å². The molecule has 0 bridgehead atoms. The summed E-state index contributed by atoms with van der Waals surface area (Å²) < 4.78 is 5.18. The lowest BCUT2D eigenvalue weighted by Gasteiger charge is -2.19. The van der Waals surface area contributed by atoms with Gasteiger partial charge >= 0.3 is 5.97 Å². The van der Waals surface area contributed by atoms with Crippen LogP contribution in [0.2, 0.25) is 0 Å². The van der Waals surface area contributed by atoms with Gasteiger partial charge in [-0.3, -0.25) is 9.78 Å². The molecule has 4 nitrogen and oxygen atoms in total. The van der Waals surface area contributed by atoms with Gasteiger partial charge in [0.2, 0.25) is 0 Å². The van der Waals surface area contributed by atoms with Gasteiger partial charge in [0.1, 0.15) is 5.60 Å². The van der Waals surface area contributed by atoms with Crippen molar-refractivity contribution in [1.82, 2.24) is 10.3 Å². The zero-order valence-corrected chi connectivity index (χ0v) is 10.9. The molecule has 1 N–H and O–H groups in total. The number of nitrogens with zero attached hydrogens (tertiary/aromatic N) is 1. The van der Waals surface area contributed by atoms with E-state index in [-0.39, 0.29) is 12.5 Å². The molecule has 0 saturated carbocycles. The van der Waals surface area contributed by atoms with E-state index >= 15 is 0 Å². The van der Waals surface area contributed by atoms with Gasteiger partial charge in [-0.1, -0.05) is 6.07 Å². The zero-order valence-electron chi connectivity index (χ0n) is 10.9. The molecule has 0 atom stereocenters. The van der Waals surface area contributed by atoms with E-state index in [4.69, 9.17) is 4.74 Å². The Morgan fingerprint density at radius 3 is 2.71 bits per heavy atom. The van der Waals surface area contributed by atoms with E-state index in [1.165, 1.54) is 0 Å². The summed E-state index contributed by atoms with van der Waals surface area (Å²) in [6.07, 6.45) is 0. The molecule has 1 rings (SSSR count). The molecule has 0 aliphatic rings. The molecule has 0 amide bonds. The maximum absolute atomic E-state index is 11.4. The van der Waals surface area contributed by atoms with Crippen LogP contribution >= 0.6 is 0 Å². The Kier molecular flexibility index (Phi) is 4.63. The number of esters is 1. The van der Waals surface area contributed by atoms with Crippen LogP contribution in [0.25, 0.3) is 0 Å². The Bertz CT molecular complexity index is 383. The fourth-order valence-corrected chi connectivity index (χ4v) is 1.37. The summed E-state index contributed by atoms with van der Waals surface area (Å²) in [5.41, 5.74) is 1.47. The molecule has 0 spiro atoms. The predicted molar refractivity (Wildman–Crippen MR) is 66.5 cm³/mol. The maximum Gasteiger partial charge on any atom is 0.320 e. The second-order valence-corrected chi connectivity index (χ2v) is 4.96. The van der Waals surface area contributed by atoms with Crippen LogP contribution in [0.1, 0.15) is 32.2 Å². The highest BCUT2D eigenvalue weighted by Crippen LogP contribution is 2.06. The van der Waals surface area contributed by atoms with Gasteiger partial charge < -0.3 is 10.1 Å². The molecule has 0 saturated heterocycles. The number of pyridine rings is 1. The predicted octanol–water partition coefficient (Wildman–Crippen LogP) is 1.82. The highest BCUT2D eigenvalue weighted by molar-refractivity contribution is 5.72. The number of aromatic nitrogens is 1. The molecular formula is C13H20N2O2. The summed E-state index contributed by atoms with van der Waals surface area (Å²) in [4.78, 5) is 15.7. The standard InChI is InChI=1S/C13H20N2O2/c1-10-6-5-7-11(15-10)8-14-9-12(16)17-13(2,3)4/h5-7,14H,8-9H2,1-4H3. The summed E-state index contributed by atoms with van der Waals surface area (Å²) >= 11 is 0. The normalized spacial score (nSPS) is 11.3. The monoisotopic (exact) mass is 236 g/mol. The van der Waals surface area contributed by atoms with Crippen molar-refractivity contribution >= 4 is 5.97 Å². The van der Waals surface area contributed by atoms with Crippen LogP contribution in [0.15, 0.2) is 18.2 Å². The third kappa shape index (κ3) is 6.02. The van der Waals surface area contributed by atoms with E-state index in [2.05, 4.69) is 10.3 Å². The van der Waals surface area contributed by atoms with Crippen molar-refractivity contribution in [2.75, 3.05) is 6.54 Å². The first-order valence-corrected chi connectivity index (χ1v) is 5.72. The smallest absolute Gasteiger partial charge is 0.320 e. The van der Waals surface area contributed by atoms with Crippen molar-refractivity contribution in [3.63, 3.8) is 0 Å². The molecule has 0 aliphatic carbocycles. The minimum Gasteiger partial charge on any atom is -0.459 e. The average Bonchev–Trinajstić information content (AvgIpc) is 2.14. The minimum atomic E-state index is -0.430. The fraction of sp³-hybridized carbons (Fsp3) is 0.538. The fourth-order valence-electron chi connectivity index (χ4n) is 1.37. The molecule has 0 aromatic carbocycles. The largest absolute Gasteiger partial charge is 0.459 e. The molecule has 0 fully saturated rings. The number of hydrogen-bond donors (Lipinski definition) is 1. The molecule has 17 heavy (non-hydrogen) atoms. The Balaban J connectivity index is 2.31. The highest BCUT2D eigenvalue weighted by atomic mass is 16.6. The highest BCUT2D eigenvalue weighted by Gasteiger charge is 2.15. The van der Waals surface area contributed by atoms with Crippen LogP contribution in [-0.2, 0) is 16.1 Å². The first kappa shape index (κ1) is 13.6. The Morgan fingerprint density at radius 2 is 2.12 bits per heavy atom. The molecule has 94 valence electrons. The van der Waals surface area contributed by atoms with Gasteiger partial charge in [-0.2, -0.15) is 0 Å². The third-order valence-electron chi connectivity index (χ3n) is 1.94. The summed E-state index contributed by atoms with van der Waals surface area (Å²) in [6.45, 7) is 8.28. The van der Waals surface area contributed by atoms with Crippen LogP contribution in [-0.4, -0.2) is 23.1 Å². The number of nitrogens with one attached hydrogen (secondary N) is 1. The number of hydrogen-bond acceptors (Lipinski definition) is 4. The van der Waals surface area contributed by atoms with Crippen LogP contribution in [0.5, 0.6) is 0 Å². The van der Waals surface area contributed by atoms with Crippen molar-refractivity contribution in [2.45, 2.75) is 39.8 Å². The van der Waals surface area contributed by atoms with Gasteiger partial charge in [-0.25, -0.2) is 0 Å². The third-order valence-corrected chi connectivity index (χ3v) is 1.94. The lowest BCUT2D eigenvalue weighted by molar-refractivity contribution is -0.153. The number of carbonyl (C=O) groups is 1. The van der Waals surface area contributed by atoms with Crippen LogP contribution in [0, 0.1) is 6.92 Å². The molecule has 1 heterocycles. The minimum absolute atomic E-state index is 0.201. The molecule has 0 unspecified atom stereocenters. The Morgan fingerprint density at radius 1 is 1.41 bits per heavy atom. The van der Waals surface area contributed by atoms with Crippen molar-refractivity contribution in [3.05, 3.63) is 29.6 Å². The van der Waals surface area contributed by atoms with E-state index in [1.807, 2.05) is 45.9 Å². The molecule has 4 heteroatoms. The van der Waals surface area contributed by atoms with Crippen molar-refractivity contribution in [1.29, 1.82) is 0 Å². The first-order chi connectivity index (χ1) is 7.87. The average molecular weight is 236 g/mol. The maximum atomic E-state index is 11.4. The Hall–Kier alpha value is -1.42. The summed E-state index contributed by atoms with van der Waals surface area (Å²) in [5, 5.41) is 3.01. The van der Waals surface area contributed by atoms with Crippen LogP contribution in [0.3, 0.4) is 0 Å². The van der Waals surface area contributed by atoms with E-state index in [0.29, 0.717) is 6.54 Å². The van der Waals surface area contributed by atoms with E-state index < -0.39 is 5.60 Å². The topological polar surface area (TPSA) is 51.2 Å². The molecule has 1 aromatic heterocycles. The number of aryl methyl sites for hydroxylation is 1. The SMILES string of the molecule is Cc1cccc(CNCC(=O)OC(C)(C)C)n1. The number of rotatable bonds is 4. The lowest BCUT2D eigenvalue weighted by Crippen LogP contribution is -2.31. The molecule has 0 aliphatic heterocycles. The molecule has 0 radical (unpaired) electrons. The molecular weight excluding hydrogens is 216 g/mol. The van der Waals surface area contributed by atoms with Gasteiger partial charge in [-0.15, -0.1) is 0 Å². The van der Waals surface area contributed by atoms with Gasteiger partial charge in [0.15, 0.2) is 0 Å². The quantitative estimate of drug-likeness (QED) is 0.810.